The van der Waals surface area contributed by atoms with E-state index in [1.54, 1.807) is 18.5 Å². The maximum absolute atomic E-state index is 12.4. The van der Waals surface area contributed by atoms with Crippen molar-refractivity contribution >= 4 is 62.3 Å². The van der Waals surface area contributed by atoms with E-state index >= 15 is 0 Å². The minimum Gasteiger partial charge on any atom is -0.352 e. The number of H-pyrrole nitrogens is 1. The quantitative estimate of drug-likeness (QED) is 0.0537. The number of aromatic amines is 1. The predicted octanol–water partition coefficient (Wildman–Crippen LogP) is 1.99. The molecule has 1 saturated carbocycles. The smallest absolute Gasteiger partial charge is 0.352 e. The SMILES string of the molecule is Cc1ccnc2c1NC(=O)c1cccnc1N2C1CC1.Cc1cn([C@H]2C[C@H](N=[N+]=[N-])[C@@H](COP(=O)(O)OP(=O)(O)OP(=O)(O)O)O2)c(=O)[nH]c1=O.O=P(O)(O)OP(=O)(O)O. The van der Waals surface area contributed by atoms with Gasteiger partial charge in [-0.1, -0.05) is 5.11 Å². The van der Waals surface area contributed by atoms with Gasteiger partial charge in [-0.3, -0.25) is 23.7 Å². The molecule has 60 heavy (non-hydrogen) atoms. The summed E-state index contributed by atoms with van der Waals surface area (Å²) in [5.74, 6) is 1.40. The van der Waals surface area contributed by atoms with Gasteiger partial charge < -0.3 is 54.1 Å². The van der Waals surface area contributed by atoms with Crippen LogP contribution in [0.4, 0.5) is 17.3 Å². The third-order valence-corrected chi connectivity index (χ3v) is 13.2. The molecule has 5 heterocycles. The highest BCUT2D eigenvalue weighted by Crippen LogP contribution is 2.66. The number of nitrogens with zero attached hydrogens (tertiary/aromatic N) is 7. The van der Waals surface area contributed by atoms with Crippen molar-refractivity contribution in [1.82, 2.24) is 19.5 Å². The highest BCUT2D eigenvalue weighted by molar-refractivity contribution is 7.66. The van der Waals surface area contributed by atoms with Crippen molar-refractivity contribution in [1.29, 1.82) is 0 Å². The number of carbonyl (C=O) groups is 1. The maximum atomic E-state index is 12.4. The van der Waals surface area contributed by atoms with Gasteiger partial charge in [-0.15, -0.1) is 0 Å². The van der Waals surface area contributed by atoms with E-state index in [0.29, 0.717) is 17.4 Å². The average molecular weight is 951 g/mol. The van der Waals surface area contributed by atoms with E-state index in [-0.39, 0.29) is 17.9 Å². The molecule has 3 aliphatic rings. The highest BCUT2D eigenvalue weighted by atomic mass is 31.3. The summed E-state index contributed by atoms with van der Waals surface area (Å²) < 4.78 is 74.1. The average Bonchev–Trinajstić information content (AvgIpc) is 3.85. The zero-order valence-corrected chi connectivity index (χ0v) is 34.8. The number of aryl methyl sites for hydroxylation is 2. The van der Waals surface area contributed by atoms with Crippen LogP contribution in [0.15, 0.2) is 51.5 Å². The van der Waals surface area contributed by atoms with Crippen LogP contribution in [0, 0.1) is 13.8 Å². The van der Waals surface area contributed by atoms with Crippen molar-refractivity contribution in [3.05, 3.63) is 84.8 Å². The normalized spacial score (nSPS) is 20.9. The molecular formula is C25H34N9O21P5. The minimum atomic E-state index is -5.70. The molecule has 330 valence electrons. The van der Waals surface area contributed by atoms with Crippen molar-refractivity contribution in [2.75, 3.05) is 16.8 Å². The van der Waals surface area contributed by atoms with Gasteiger partial charge in [0, 0.05) is 41.5 Å². The van der Waals surface area contributed by atoms with Gasteiger partial charge in [-0.25, -0.2) is 37.6 Å². The molecule has 3 aromatic rings. The Hall–Kier alpha value is -3.81. The molecule has 0 spiro atoms. The molecule has 0 radical (unpaired) electrons. The van der Waals surface area contributed by atoms with Crippen LogP contribution in [0.1, 0.15) is 47.0 Å². The lowest BCUT2D eigenvalue weighted by Gasteiger charge is -2.23. The summed E-state index contributed by atoms with van der Waals surface area (Å²) in [6, 6.07) is 4.87. The molecule has 2 unspecified atom stereocenters. The summed E-state index contributed by atoms with van der Waals surface area (Å²) in [7, 11) is -26.8. The molecule has 1 amide bonds. The van der Waals surface area contributed by atoms with Crippen molar-refractivity contribution in [2.45, 2.75) is 57.5 Å². The molecule has 0 bridgehead atoms. The van der Waals surface area contributed by atoms with Crippen molar-refractivity contribution in [3.8, 4) is 0 Å². The van der Waals surface area contributed by atoms with Crippen LogP contribution >= 0.6 is 39.1 Å². The van der Waals surface area contributed by atoms with Gasteiger partial charge in [0.15, 0.2) is 5.82 Å². The van der Waals surface area contributed by atoms with Gasteiger partial charge in [-0.05, 0) is 56.0 Å². The van der Waals surface area contributed by atoms with Crippen LogP contribution in [-0.2, 0) is 45.0 Å². The van der Waals surface area contributed by atoms with Crippen LogP contribution in [-0.4, -0.2) is 89.4 Å². The first-order chi connectivity index (χ1) is 27.6. The van der Waals surface area contributed by atoms with E-state index < -0.39 is 75.3 Å². The number of rotatable bonds is 12. The zero-order valence-electron chi connectivity index (χ0n) is 30.4. The predicted molar refractivity (Wildman–Crippen MR) is 199 cm³/mol. The fourth-order valence-corrected chi connectivity index (χ4v) is 9.38. The Kier molecular flexibility index (Phi) is 15.5. The number of fused-ring (bicyclic) bond motifs is 2. The molecular weight excluding hydrogens is 917 g/mol. The molecule has 35 heteroatoms. The first-order valence-corrected chi connectivity index (χ1v) is 23.8. The summed E-state index contributed by atoms with van der Waals surface area (Å²) in [6.45, 7) is 2.53. The molecule has 3 aromatic heterocycles. The lowest BCUT2D eigenvalue weighted by atomic mass is 10.1. The number of ether oxygens (including phenoxy) is 1. The number of pyridine rings is 2. The lowest BCUT2D eigenvalue weighted by molar-refractivity contribution is -0.0267. The van der Waals surface area contributed by atoms with Crippen LogP contribution in [0.5, 0.6) is 0 Å². The number of aromatic nitrogens is 4. The Labute approximate surface area is 334 Å². The fraction of sp³-hybridized carbons (Fsp3) is 0.400. The summed E-state index contributed by atoms with van der Waals surface area (Å²) in [6.07, 6.45) is 4.46. The molecule has 5 atom stereocenters. The standard InChI is InChI=1S/C15H14N4O.C10H16N5O13P3.H4O7P2/c1-9-6-8-17-14-12(9)18-15(20)11-3-2-7-16-13(11)19(14)10-4-5-10;1-5-3-15(10(17)12-9(5)16)8-2-6(13-14-11)7(26-8)4-25-30(21,22)28-31(23,24)27-29(18,19)20;1-8(2,3)7-9(4,5)6/h2-3,6-8,10H,4-5H2,1H3,(H,18,20);3,6-8H,2,4H2,1H3,(H,21,22)(H,23,24)(H,12,16,17)(H2,18,19,20);(H2,1,2,3)(H2,4,5,6)/t;6-,7+,8+;/m.0./s1. The topological polar surface area (TPSA) is 455 Å². The molecule has 6 rings (SSSR count). The molecule has 0 aromatic carbocycles. The summed E-state index contributed by atoms with van der Waals surface area (Å²) in [5.41, 5.74) is 9.80. The molecule has 1 saturated heterocycles. The number of carbonyl (C=O) groups excluding carboxylic acids is 1. The number of hydrogen-bond donors (Lipinski definition) is 10. The Morgan fingerprint density at radius 3 is 2.05 bits per heavy atom. The monoisotopic (exact) mass is 951 g/mol. The highest BCUT2D eigenvalue weighted by Gasteiger charge is 2.43. The number of amides is 1. The van der Waals surface area contributed by atoms with E-state index in [0.717, 1.165) is 34.5 Å². The number of phosphoric acid groups is 5. The largest absolute Gasteiger partial charge is 0.490 e. The Morgan fingerprint density at radius 2 is 1.48 bits per heavy atom. The van der Waals surface area contributed by atoms with Crippen molar-refractivity contribution in [2.24, 2.45) is 5.11 Å². The lowest BCUT2D eigenvalue weighted by Crippen LogP contribution is -2.33. The molecule has 10 N–H and O–H groups in total. The van der Waals surface area contributed by atoms with Gasteiger partial charge in [-0.2, -0.15) is 12.9 Å². The molecule has 30 nitrogen and oxygen atoms in total. The van der Waals surface area contributed by atoms with Crippen molar-refractivity contribution in [3.63, 3.8) is 0 Å². The molecule has 2 fully saturated rings. The van der Waals surface area contributed by atoms with Gasteiger partial charge in [0.05, 0.1) is 30.0 Å². The second-order valence-corrected chi connectivity index (χ2v) is 19.4. The second-order valence-electron chi connectivity index (χ2n) is 12.3. The van der Waals surface area contributed by atoms with Crippen LogP contribution in [0.2, 0.25) is 0 Å². The van der Waals surface area contributed by atoms with Gasteiger partial charge in [0.25, 0.3) is 11.5 Å². The Morgan fingerprint density at radius 1 is 0.867 bits per heavy atom. The van der Waals surface area contributed by atoms with E-state index in [1.165, 1.54) is 13.1 Å². The number of azide groups is 1. The minimum absolute atomic E-state index is 0.111. The van der Waals surface area contributed by atoms with E-state index in [4.69, 9.17) is 44.5 Å². The molecule has 2 aliphatic heterocycles. The second kappa shape index (κ2) is 19.1. The summed E-state index contributed by atoms with van der Waals surface area (Å²) in [5, 5.41) is 6.39. The van der Waals surface area contributed by atoms with E-state index in [9.17, 15) is 42.1 Å². The first kappa shape index (κ1) is 48.9. The summed E-state index contributed by atoms with van der Waals surface area (Å²) >= 11 is 0. The van der Waals surface area contributed by atoms with Gasteiger partial charge >= 0.3 is 44.8 Å². The van der Waals surface area contributed by atoms with Crippen molar-refractivity contribution < 1.29 is 89.0 Å². The number of nitrogens with one attached hydrogen (secondary N) is 2. The van der Waals surface area contributed by atoms with Gasteiger partial charge in [0.2, 0.25) is 0 Å². The number of anilines is 3. The van der Waals surface area contributed by atoms with E-state index in [2.05, 4.69) is 47.7 Å². The first-order valence-electron chi connectivity index (χ1n) is 16.2. The number of phosphoric ester groups is 1. The maximum Gasteiger partial charge on any atom is 0.490 e. The van der Waals surface area contributed by atoms with E-state index in [1.807, 2.05) is 24.0 Å². The zero-order chi connectivity index (χ0) is 45.0. The Balaban J connectivity index is 0.000000231. The van der Waals surface area contributed by atoms with Gasteiger partial charge in [0.1, 0.15) is 12.0 Å². The number of hydrogen-bond acceptors (Lipinski definition) is 17. The Bertz CT molecular complexity index is 2490. The van der Waals surface area contributed by atoms with Crippen LogP contribution in [0.25, 0.3) is 10.4 Å². The third kappa shape index (κ3) is 14.4. The van der Waals surface area contributed by atoms with Crippen LogP contribution < -0.4 is 21.5 Å². The third-order valence-electron chi connectivity index (χ3n) is 7.67. The fourth-order valence-electron chi connectivity index (χ4n) is 5.24. The summed E-state index contributed by atoms with van der Waals surface area (Å²) in [4.78, 5) is 118. The molecule has 1 aliphatic carbocycles. The van der Waals surface area contributed by atoms with Crippen LogP contribution in [0.3, 0.4) is 0 Å².